The SMILES string of the molecule is COC(=O)C(CCN(C)CC1CC1C)NC(C)C. The van der Waals surface area contributed by atoms with Crippen LogP contribution in [0, 0.1) is 11.8 Å². The molecular weight excluding hydrogens is 228 g/mol. The van der Waals surface area contributed by atoms with Crippen LogP contribution in [0.2, 0.25) is 0 Å². The van der Waals surface area contributed by atoms with E-state index in [4.69, 9.17) is 4.74 Å². The van der Waals surface area contributed by atoms with Gasteiger partial charge in [0.05, 0.1) is 7.11 Å². The molecule has 4 heteroatoms. The molecule has 1 aliphatic rings. The summed E-state index contributed by atoms with van der Waals surface area (Å²) in [5.74, 6) is 1.60. The predicted molar refractivity (Wildman–Crippen MR) is 73.5 cm³/mol. The zero-order valence-corrected chi connectivity index (χ0v) is 12.4. The molecule has 3 atom stereocenters. The van der Waals surface area contributed by atoms with Crippen LogP contribution in [-0.4, -0.2) is 50.2 Å². The van der Waals surface area contributed by atoms with Gasteiger partial charge in [0.1, 0.15) is 6.04 Å². The Morgan fingerprint density at radius 3 is 2.56 bits per heavy atom. The Morgan fingerprint density at radius 2 is 2.11 bits per heavy atom. The van der Waals surface area contributed by atoms with Gasteiger partial charge in [0, 0.05) is 12.6 Å². The van der Waals surface area contributed by atoms with Crippen molar-refractivity contribution in [3.63, 3.8) is 0 Å². The third-order valence-electron chi connectivity index (χ3n) is 3.64. The Morgan fingerprint density at radius 1 is 1.50 bits per heavy atom. The van der Waals surface area contributed by atoms with Gasteiger partial charge in [-0.05, 0) is 38.3 Å². The van der Waals surface area contributed by atoms with Crippen molar-refractivity contribution in [3.05, 3.63) is 0 Å². The minimum absolute atomic E-state index is 0.156. The van der Waals surface area contributed by atoms with E-state index in [0.717, 1.165) is 31.3 Å². The summed E-state index contributed by atoms with van der Waals surface area (Å²) >= 11 is 0. The minimum atomic E-state index is -0.186. The molecule has 1 rings (SSSR count). The second-order valence-corrected chi connectivity index (χ2v) is 5.92. The van der Waals surface area contributed by atoms with E-state index < -0.39 is 0 Å². The number of hydrogen-bond donors (Lipinski definition) is 1. The van der Waals surface area contributed by atoms with E-state index in [-0.39, 0.29) is 12.0 Å². The topological polar surface area (TPSA) is 41.6 Å². The molecule has 1 saturated carbocycles. The lowest BCUT2D eigenvalue weighted by Gasteiger charge is -2.22. The zero-order chi connectivity index (χ0) is 13.7. The number of nitrogens with zero attached hydrogens (tertiary/aromatic N) is 1. The van der Waals surface area contributed by atoms with E-state index in [2.05, 4.69) is 24.2 Å². The lowest BCUT2D eigenvalue weighted by molar-refractivity contribution is -0.143. The number of ether oxygens (including phenoxy) is 1. The summed E-state index contributed by atoms with van der Waals surface area (Å²) in [6.45, 7) is 8.48. The van der Waals surface area contributed by atoms with E-state index in [1.807, 2.05) is 13.8 Å². The number of methoxy groups -OCH3 is 1. The summed E-state index contributed by atoms with van der Waals surface area (Å²) in [6, 6.07) is 0.108. The molecular formula is C14H28N2O2. The van der Waals surface area contributed by atoms with Gasteiger partial charge in [-0.2, -0.15) is 0 Å². The molecule has 1 fully saturated rings. The first-order chi connectivity index (χ1) is 8.43. The summed E-state index contributed by atoms with van der Waals surface area (Å²) < 4.78 is 4.84. The molecule has 0 radical (unpaired) electrons. The zero-order valence-electron chi connectivity index (χ0n) is 12.4. The van der Waals surface area contributed by atoms with Crippen molar-refractivity contribution in [3.8, 4) is 0 Å². The molecule has 4 nitrogen and oxygen atoms in total. The van der Waals surface area contributed by atoms with Crippen molar-refractivity contribution in [1.29, 1.82) is 0 Å². The highest BCUT2D eigenvalue weighted by Crippen LogP contribution is 2.37. The molecule has 106 valence electrons. The van der Waals surface area contributed by atoms with Crippen LogP contribution in [0.15, 0.2) is 0 Å². The molecule has 1 N–H and O–H groups in total. The number of nitrogens with one attached hydrogen (secondary N) is 1. The number of carbonyl (C=O) groups excluding carboxylic acids is 1. The van der Waals surface area contributed by atoms with Crippen LogP contribution in [-0.2, 0) is 9.53 Å². The first kappa shape index (κ1) is 15.4. The number of hydrogen-bond acceptors (Lipinski definition) is 4. The van der Waals surface area contributed by atoms with Gasteiger partial charge in [0.2, 0.25) is 0 Å². The fourth-order valence-electron chi connectivity index (χ4n) is 2.31. The maximum Gasteiger partial charge on any atom is 0.322 e. The van der Waals surface area contributed by atoms with Crippen LogP contribution >= 0.6 is 0 Å². The lowest BCUT2D eigenvalue weighted by atomic mass is 10.1. The first-order valence-electron chi connectivity index (χ1n) is 6.96. The Balaban J connectivity index is 2.28. The largest absolute Gasteiger partial charge is 0.468 e. The summed E-state index contributed by atoms with van der Waals surface area (Å²) in [6.07, 6.45) is 2.16. The average Bonchev–Trinajstić information content (AvgIpc) is 2.98. The van der Waals surface area contributed by atoms with E-state index in [1.165, 1.54) is 13.5 Å². The maximum atomic E-state index is 11.6. The molecule has 0 saturated heterocycles. The van der Waals surface area contributed by atoms with Crippen molar-refractivity contribution in [2.75, 3.05) is 27.2 Å². The van der Waals surface area contributed by atoms with Gasteiger partial charge in [-0.1, -0.05) is 20.8 Å². The smallest absolute Gasteiger partial charge is 0.322 e. The molecule has 1 aliphatic carbocycles. The Kier molecular flexibility index (Phi) is 6.09. The van der Waals surface area contributed by atoms with Crippen molar-refractivity contribution < 1.29 is 9.53 Å². The van der Waals surface area contributed by atoms with Gasteiger partial charge in [-0.25, -0.2) is 0 Å². The molecule has 0 aromatic rings. The quantitative estimate of drug-likeness (QED) is 0.668. The minimum Gasteiger partial charge on any atom is -0.468 e. The number of carbonyl (C=O) groups is 1. The van der Waals surface area contributed by atoms with Gasteiger partial charge in [0.25, 0.3) is 0 Å². The maximum absolute atomic E-state index is 11.6. The monoisotopic (exact) mass is 256 g/mol. The molecule has 0 aromatic carbocycles. The highest BCUT2D eigenvalue weighted by molar-refractivity contribution is 5.75. The van der Waals surface area contributed by atoms with Gasteiger partial charge in [-0.15, -0.1) is 0 Å². The molecule has 0 amide bonds. The van der Waals surface area contributed by atoms with Crippen molar-refractivity contribution >= 4 is 5.97 Å². The third-order valence-corrected chi connectivity index (χ3v) is 3.64. The summed E-state index contributed by atoms with van der Waals surface area (Å²) in [5.41, 5.74) is 0. The Bertz CT molecular complexity index is 269. The summed E-state index contributed by atoms with van der Waals surface area (Å²) in [4.78, 5) is 14.0. The first-order valence-corrected chi connectivity index (χ1v) is 6.96. The van der Waals surface area contributed by atoms with E-state index in [9.17, 15) is 4.79 Å². The third kappa shape index (κ3) is 5.36. The second-order valence-electron chi connectivity index (χ2n) is 5.92. The van der Waals surface area contributed by atoms with Crippen LogP contribution in [0.25, 0.3) is 0 Å². The Labute approximate surface area is 111 Å². The number of rotatable bonds is 8. The highest BCUT2D eigenvalue weighted by Gasteiger charge is 2.33. The summed E-state index contributed by atoms with van der Waals surface area (Å²) in [7, 11) is 3.59. The summed E-state index contributed by atoms with van der Waals surface area (Å²) in [5, 5.41) is 3.26. The molecule has 0 aromatic heterocycles. The van der Waals surface area contributed by atoms with Crippen LogP contribution in [0.1, 0.15) is 33.6 Å². The second kappa shape index (κ2) is 7.10. The molecule has 0 heterocycles. The van der Waals surface area contributed by atoms with Gasteiger partial charge >= 0.3 is 5.97 Å². The Hall–Kier alpha value is -0.610. The molecule has 0 spiro atoms. The van der Waals surface area contributed by atoms with Crippen LogP contribution in [0.5, 0.6) is 0 Å². The van der Waals surface area contributed by atoms with Gasteiger partial charge in [-0.3, -0.25) is 4.79 Å². The van der Waals surface area contributed by atoms with Crippen molar-refractivity contribution in [2.45, 2.75) is 45.7 Å². The van der Waals surface area contributed by atoms with Crippen molar-refractivity contribution in [1.82, 2.24) is 10.2 Å². The molecule has 0 aliphatic heterocycles. The molecule has 18 heavy (non-hydrogen) atoms. The van der Waals surface area contributed by atoms with Gasteiger partial charge < -0.3 is 15.0 Å². The van der Waals surface area contributed by atoms with Crippen LogP contribution in [0.4, 0.5) is 0 Å². The highest BCUT2D eigenvalue weighted by atomic mass is 16.5. The molecule has 3 unspecified atom stereocenters. The molecule has 0 bridgehead atoms. The van der Waals surface area contributed by atoms with E-state index >= 15 is 0 Å². The fraction of sp³-hybridized carbons (Fsp3) is 0.929. The van der Waals surface area contributed by atoms with E-state index in [1.54, 1.807) is 0 Å². The van der Waals surface area contributed by atoms with Crippen LogP contribution in [0.3, 0.4) is 0 Å². The van der Waals surface area contributed by atoms with Crippen LogP contribution < -0.4 is 5.32 Å². The number of esters is 1. The normalized spacial score (nSPS) is 24.4. The standard InChI is InChI=1S/C14H28N2O2/c1-10(2)15-13(14(17)18-5)6-7-16(4)9-12-8-11(12)3/h10-13,15H,6-9H2,1-5H3. The van der Waals surface area contributed by atoms with Crippen molar-refractivity contribution in [2.24, 2.45) is 11.8 Å². The lowest BCUT2D eigenvalue weighted by Crippen LogP contribution is -2.43. The van der Waals surface area contributed by atoms with Gasteiger partial charge in [0.15, 0.2) is 0 Å². The fourth-order valence-corrected chi connectivity index (χ4v) is 2.31. The predicted octanol–water partition coefficient (Wildman–Crippen LogP) is 1.50. The average molecular weight is 256 g/mol. The van der Waals surface area contributed by atoms with E-state index in [0.29, 0.717) is 6.04 Å².